The second-order valence-corrected chi connectivity index (χ2v) is 10.9. The van der Waals surface area contributed by atoms with Crippen molar-refractivity contribution >= 4 is 12.2 Å². The molecular formula is C29H29F9N2O5. The van der Waals surface area contributed by atoms with Crippen molar-refractivity contribution in [3.05, 3.63) is 69.8 Å². The molecule has 0 N–H and O–H groups in total. The Kier molecular flexibility index (Phi) is 9.57. The Morgan fingerprint density at radius 2 is 1.44 bits per heavy atom. The van der Waals surface area contributed by atoms with E-state index in [9.17, 15) is 49.1 Å². The molecule has 2 heterocycles. The lowest BCUT2D eigenvalue weighted by molar-refractivity contribution is -0.143. The normalized spacial score (nSPS) is 20.8. The molecule has 2 aliphatic rings. The highest BCUT2D eigenvalue weighted by atomic mass is 19.4. The molecule has 16 heteroatoms. The molecule has 2 saturated heterocycles. The summed E-state index contributed by atoms with van der Waals surface area (Å²) in [5.74, 6) is -0.256. The van der Waals surface area contributed by atoms with Crippen LogP contribution < -0.4 is 0 Å². The molecule has 2 amide bonds. The molecule has 2 aromatic rings. The largest absolute Gasteiger partial charge is 0.453 e. The molecule has 45 heavy (non-hydrogen) atoms. The van der Waals surface area contributed by atoms with Gasteiger partial charge in [0.05, 0.1) is 35.9 Å². The second-order valence-electron chi connectivity index (χ2n) is 10.9. The van der Waals surface area contributed by atoms with Crippen LogP contribution in [0, 0.1) is 5.92 Å². The predicted octanol–water partition coefficient (Wildman–Crippen LogP) is 7.99. The molecule has 0 aromatic heterocycles. The topological polar surface area (TPSA) is 68.3 Å². The van der Waals surface area contributed by atoms with Gasteiger partial charge in [-0.25, -0.2) is 9.59 Å². The maximum Gasteiger partial charge on any atom is 0.416 e. The number of carbonyl (C=O) groups is 2. The first-order valence-electron chi connectivity index (χ1n) is 13.7. The third-order valence-corrected chi connectivity index (χ3v) is 8.10. The SMILES string of the molecule is COC(=O)N1CCC(C(OC)c2ccc(C(F)(F)F)cc2CN2C(=O)OC(c3cc(C(F)(F)F)cc(C(F)(F)F)c3)[C@@H]2C)CC1. The third kappa shape index (κ3) is 7.42. The lowest BCUT2D eigenvalue weighted by atomic mass is 9.84. The number of alkyl halides is 9. The summed E-state index contributed by atoms with van der Waals surface area (Å²) in [6.07, 6.45) is -18.3. The molecule has 2 aliphatic heterocycles. The Labute approximate surface area is 251 Å². The van der Waals surface area contributed by atoms with Gasteiger partial charge in [0, 0.05) is 26.7 Å². The summed E-state index contributed by atoms with van der Waals surface area (Å²) in [5.41, 5.74) is -4.52. The summed E-state index contributed by atoms with van der Waals surface area (Å²) in [5, 5.41) is 0. The molecule has 248 valence electrons. The maximum absolute atomic E-state index is 13.7. The van der Waals surface area contributed by atoms with Gasteiger partial charge < -0.3 is 19.1 Å². The Morgan fingerprint density at radius 1 is 0.889 bits per heavy atom. The second kappa shape index (κ2) is 12.6. The number of piperidine rings is 1. The van der Waals surface area contributed by atoms with Gasteiger partial charge in [-0.3, -0.25) is 4.90 Å². The van der Waals surface area contributed by atoms with E-state index in [0.29, 0.717) is 43.6 Å². The molecule has 3 atom stereocenters. The van der Waals surface area contributed by atoms with Gasteiger partial charge in [-0.15, -0.1) is 0 Å². The van der Waals surface area contributed by atoms with Gasteiger partial charge in [0.1, 0.15) is 6.10 Å². The number of rotatable bonds is 6. The number of halogens is 9. The average molecular weight is 657 g/mol. The van der Waals surface area contributed by atoms with Gasteiger partial charge in [0.15, 0.2) is 0 Å². The molecule has 0 saturated carbocycles. The summed E-state index contributed by atoms with van der Waals surface area (Å²) < 4.78 is 138. The van der Waals surface area contributed by atoms with Crippen molar-refractivity contribution < 1.29 is 63.3 Å². The van der Waals surface area contributed by atoms with E-state index in [4.69, 9.17) is 14.2 Å². The van der Waals surface area contributed by atoms with Crippen LogP contribution in [0.1, 0.15) is 65.4 Å². The number of carbonyl (C=O) groups excluding carboxylic acids is 2. The van der Waals surface area contributed by atoms with Crippen LogP contribution in [0.3, 0.4) is 0 Å². The predicted molar refractivity (Wildman–Crippen MR) is 139 cm³/mol. The van der Waals surface area contributed by atoms with Crippen molar-refractivity contribution in [2.24, 2.45) is 5.92 Å². The van der Waals surface area contributed by atoms with Gasteiger partial charge in [-0.1, -0.05) is 6.07 Å². The summed E-state index contributed by atoms with van der Waals surface area (Å²) in [4.78, 5) is 27.3. The maximum atomic E-state index is 13.7. The van der Waals surface area contributed by atoms with E-state index in [0.717, 1.165) is 17.0 Å². The van der Waals surface area contributed by atoms with Crippen molar-refractivity contribution in [3.63, 3.8) is 0 Å². The number of nitrogens with zero attached hydrogens (tertiary/aromatic N) is 2. The molecule has 2 aromatic carbocycles. The number of hydrogen-bond donors (Lipinski definition) is 0. The summed E-state index contributed by atoms with van der Waals surface area (Å²) >= 11 is 0. The highest BCUT2D eigenvalue weighted by Gasteiger charge is 2.44. The highest BCUT2D eigenvalue weighted by Crippen LogP contribution is 2.43. The first kappa shape index (κ1) is 34.2. The fourth-order valence-corrected chi connectivity index (χ4v) is 5.77. The summed E-state index contributed by atoms with van der Waals surface area (Å²) in [6.45, 7) is 1.39. The third-order valence-electron chi connectivity index (χ3n) is 8.10. The van der Waals surface area contributed by atoms with Gasteiger partial charge in [0.25, 0.3) is 0 Å². The molecule has 0 aliphatic carbocycles. The first-order chi connectivity index (χ1) is 20.8. The number of likely N-dealkylation sites (tertiary alicyclic amines) is 1. The van der Waals surface area contributed by atoms with Crippen LogP contribution in [0.4, 0.5) is 49.1 Å². The van der Waals surface area contributed by atoms with E-state index in [1.54, 1.807) is 0 Å². The van der Waals surface area contributed by atoms with Crippen LogP contribution in [0.25, 0.3) is 0 Å². The van der Waals surface area contributed by atoms with Gasteiger partial charge in [-0.2, -0.15) is 39.5 Å². The van der Waals surface area contributed by atoms with E-state index in [1.165, 1.54) is 32.1 Å². The Balaban J connectivity index is 1.68. The minimum Gasteiger partial charge on any atom is -0.453 e. The first-order valence-corrected chi connectivity index (χ1v) is 13.7. The van der Waals surface area contributed by atoms with Crippen LogP contribution in [0.2, 0.25) is 0 Å². The van der Waals surface area contributed by atoms with Crippen molar-refractivity contribution in [2.75, 3.05) is 27.3 Å². The number of amides is 2. The minimum atomic E-state index is -5.14. The number of ether oxygens (including phenoxy) is 3. The molecule has 2 unspecified atom stereocenters. The quantitative estimate of drug-likeness (QED) is 0.295. The van der Waals surface area contributed by atoms with Gasteiger partial charge in [-0.05, 0) is 72.7 Å². The van der Waals surface area contributed by atoms with Crippen molar-refractivity contribution in [3.8, 4) is 0 Å². The van der Waals surface area contributed by atoms with Gasteiger partial charge in [0.2, 0.25) is 0 Å². The number of methoxy groups -OCH3 is 2. The zero-order chi connectivity index (χ0) is 33.5. The molecule has 0 spiro atoms. The van der Waals surface area contributed by atoms with Crippen LogP contribution in [-0.2, 0) is 39.3 Å². The average Bonchev–Trinajstić information content (AvgIpc) is 3.25. The Hall–Kier alpha value is -3.69. The molecule has 0 bridgehead atoms. The number of cyclic esters (lactones) is 1. The zero-order valence-corrected chi connectivity index (χ0v) is 24.1. The minimum absolute atomic E-state index is 0.00320. The highest BCUT2D eigenvalue weighted by molar-refractivity contribution is 5.71. The van der Waals surface area contributed by atoms with E-state index in [1.807, 2.05) is 0 Å². The fraction of sp³-hybridized carbons (Fsp3) is 0.517. The molecule has 2 fully saturated rings. The van der Waals surface area contributed by atoms with E-state index >= 15 is 0 Å². The molecular weight excluding hydrogens is 627 g/mol. The monoisotopic (exact) mass is 656 g/mol. The smallest absolute Gasteiger partial charge is 0.416 e. The summed E-state index contributed by atoms with van der Waals surface area (Å²) in [7, 11) is 2.59. The van der Waals surface area contributed by atoms with Gasteiger partial charge >= 0.3 is 30.7 Å². The number of hydrogen-bond acceptors (Lipinski definition) is 5. The van der Waals surface area contributed by atoms with E-state index < -0.39 is 77.8 Å². The lowest BCUT2D eigenvalue weighted by Gasteiger charge is -2.36. The van der Waals surface area contributed by atoms with Crippen LogP contribution in [0.5, 0.6) is 0 Å². The fourth-order valence-electron chi connectivity index (χ4n) is 5.77. The number of benzene rings is 2. The summed E-state index contributed by atoms with van der Waals surface area (Å²) in [6, 6.07) is 2.56. The van der Waals surface area contributed by atoms with Crippen molar-refractivity contribution in [1.29, 1.82) is 0 Å². The standard InChI is InChI=1S/C29H29F9N2O5/c1-15-23(17-10-20(28(33,34)35)13-21(11-17)29(36,37)38)45-26(42)40(15)14-18-12-19(27(30,31)32)4-5-22(18)24(43-2)16-6-8-39(9-7-16)25(41)44-3/h4-5,10-13,15-16,23-24H,6-9,14H2,1-3H3/t15-,23?,24?/m0/s1. The molecule has 7 nitrogen and oxygen atoms in total. The van der Waals surface area contributed by atoms with E-state index in [-0.39, 0.29) is 17.5 Å². The molecule has 0 radical (unpaired) electrons. The van der Waals surface area contributed by atoms with Crippen LogP contribution in [-0.4, -0.2) is 55.3 Å². The lowest BCUT2D eigenvalue weighted by Crippen LogP contribution is -2.40. The Bertz CT molecular complexity index is 1370. The molecule has 4 rings (SSSR count). The van der Waals surface area contributed by atoms with Crippen LogP contribution in [0.15, 0.2) is 36.4 Å². The van der Waals surface area contributed by atoms with Crippen LogP contribution >= 0.6 is 0 Å². The zero-order valence-electron chi connectivity index (χ0n) is 24.1. The van der Waals surface area contributed by atoms with Crippen molar-refractivity contribution in [1.82, 2.24) is 9.80 Å². The van der Waals surface area contributed by atoms with Crippen molar-refractivity contribution in [2.45, 2.75) is 63.1 Å². The Morgan fingerprint density at radius 3 is 1.93 bits per heavy atom. The van der Waals surface area contributed by atoms with E-state index in [2.05, 4.69) is 0 Å².